The van der Waals surface area contributed by atoms with Gasteiger partial charge in [0.05, 0.1) is 36.4 Å². The van der Waals surface area contributed by atoms with E-state index in [0.717, 1.165) is 10.9 Å². The number of fused-ring (bicyclic) bond motifs is 1. The fraction of sp³-hybridized carbons (Fsp3) is 0.172. The molecule has 1 unspecified atom stereocenters. The van der Waals surface area contributed by atoms with Gasteiger partial charge in [-0.05, 0) is 29.8 Å². The number of para-hydroxylation sites is 1. The molecule has 200 valence electrons. The highest BCUT2D eigenvalue weighted by atomic mass is 35.5. The number of benzene rings is 3. The highest BCUT2D eigenvalue weighted by Crippen LogP contribution is 2.48. The third kappa shape index (κ3) is 4.39. The Kier molecular flexibility index (Phi) is 7.01. The number of aromatic nitrogens is 1. The number of Topliss-reactive ketones (excluding diaryl/α,β-unsaturated/α-hetero) is 1. The van der Waals surface area contributed by atoms with Crippen LogP contribution in [-0.4, -0.2) is 40.5 Å². The average Bonchev–Trinajstić information content (AvgIpc) is 3.38. The van der Waals surface area contributed by atoms with Crippen LogP contribution < -0.4 is 9.47 Å². The topological polar surface area (TPSA) is 81.0 Å². The standard InChI is InChI=1S/C29H23Cl2FN2O5/c1-33-14-19(17-6-4-5-7-21(17)33)24-22(25(35)18-12-20(30)28(39-3)23(31)27(18)38-2)26(36)29(37)34(24)13-15-8-10-16(32)11-9-15/h4-12,14,24,35H,13H2,1-3H3/b25-22+. The van der Waals surface area contributed by atoms with Crippen LogP contribution in [-0.2, 0) is 23.2 Å². The minimum Gasteiger partial charge on any atom is -0.507 e. The van der Waals surface area contributed by atoms with Gasteiger partial charge in [0.15, 0.2) is 11.5 Å². The highest BCUT2D eigenvalue weighted by molar-refractivity contribution is 6.47. The van der Waals surface area contributed by atoms with Crippen LogP contribution in [0.5, 0.6) is 11.5 Å². The fourth-order valence-electron chi connectivity index (χ4n) is 5.04. The molecule has 2 heterocycles. The molecule has 0 saturated carbocycles. The van der Waals surface area contributed by atoms with Crippen molar-refractivity contribution in [3.05, 3.63) is 98.9 Å². The van der Waals surface area contributed by atoms with E-state index in [-0.39, 0.29) is 39.2 Å². The number of ketones is 1. The number of nitrogens with zero attached hydrogens (tertiary/aromatic N) is 2. The van der Waals surface area contributed by atoms with Crippen molar-refractivity contribution in [3.63, 3.8) is 0 Å². The first-order chi connectivity index (χ1) is 18.7. The van der Waals surface area contributed by atoms with Crippen LogP contribution in [0.1, 0.15) is 22.7 Å². The van der Waals surface area contributed by atoms with Crippen molar-refractivity contribution in [2.45, 2.75) is 12.6 Å². The Bertz CT molecular complexity index is 1660. The van der Waals surface area contributed by atoms with Crippen molar-refractivity contribution in [3.8, 4) is 11.5 Å². The number of hydrogen-bond donors (Lipinski definition) is 1. The van der Waals surface area contributed by atoms with Gasteiger partial charge in [0, 0.05) is 36.3 Å². The lowest BCUT2D eigenvalue weighted by Gasteiger charge is -2.25. The number of amides is 1. The maximum atomic E-state index is 13.6. The molecule has 1 N–H and O–H groups in total. The Morgan fingerprint density at radius 1 is 1.03 bits per heavy atom. The molecule has 1 fully saturated rings. The van der Waals surface area contributed by atoms with Crippen LogP contribution >= 0.6 is 23.2 Å². The maximum absolute atomic E-state index is 13.6. The number of hydrogen-bond acceptors (Lipinski definition) is 5. The van der Waals surface area contributed by atoms with Crippen molar-refractivity contribution in [2.75, 3.05) is 14.2 Å². The number of rotatable bonds is 6. The van der Waals surface area contributed by atoms with Crippen molar-refractivity contribution in [1.29, 1.82) is 0 Å². The number of carbonyl (C=O) groups is 2. The van der Waals surface area contributed by atoms with E-state index < -0.39 is 29.3 Å². The number of carbonyl (C=O) groups excluding carboxylic acids is 2. The molecular formula is C29H23Cl2FN2O5. The first-order valence-electron chi connectivity index (χ1n) is 11.8. The lowest BCUT2D eigenvalue weighted by molar-refractivity contribution is -0.140. The fourth-order valence-corrected chi connectivity index (χ4v) is 5.72. The molecule has 1 aliphatic heterocycles. The van der Waals surface area contributed by atoms with Crippen LogP contribution in [0.4, 0.5) is 4.39 Å². The summed E-state index contributed by atoms with van der Waals surface area (Å²) in [5, 5.41) is 12.5. The molecule has 39 heavy (non-hydrogen) atoms. The van der Waals surface area contributed by atoms with Gasteiger partial charge in [-0.3, -0.25) is 9.59 Å². The second kappa shape index (κ2) is 10.3. The van der Waals surface area contributed by atoms with E-state index in [2.05, 4.69) is 0 Å². The van der Waals surface area contributed by atoms with E-state index in [4.69, 9.17) is 32.7 Å². The summed E-state index contributed by atoms with van der Waals surface area (Å²) < 4.78 is 26.2. The van der Waals surface area contributed by atoms with E-state index in [1.54, 1.807) is 12.1 Å². The molecule has 0 aliphatic carbocycles. The largest absolute Gasteiger partial charge is 0.507 e. The molecule has 1 saturated heterocycles. The minimum absolute atomic E-state index is 0.00319. The Labute approximate surface area is 233 Å². The number of aliphatic hydroxyl groups is 1. The van der Waals surface area contributed by atoms with E-state index in [1.165, 1.54) is 37.3 Å². The third-order valence-corrected chi connectivity index (χ3v) is 7.45. The number of aliphatic hydroxyl groups excluding tert-OH is 1. The van der Waals surface area contributed by atoms with E-state index in [9.17, 15) is 19.1 Å². The summed E-state index contributed by atoms with van der Waals surface area (Å²) >= 11 is 12.8. The van der Waals surface area contributed by atoms with Crippen molar-refractivity contribution >= 4 is 51.6 Å². The third-order valence-electron chi connectivity index (χ3n) is 6.82. The zero-order valence-electron chi connectivity index (χ0n) is 21.2. The number of likely N-dealkylation sites (tertiary alicyclic amines) is 1. The molecular weight excluding hydrogens is 546 g/mol. The average molecular weight is 569 g/mol. The van der Waals surface area contributed by atoms with Gasteiger partial charge in [-0.15, -0.1) is 0 Å². The van der Waals surface area contributed by atoms with Gasteiger partial charge in [-0.2, -0.15) is 0 Å². The Balaban J connectivity index is 1.78. The minimum atomic E-state index is -0.981. The summed E-state index contributed by atoms with van der Waals surface area (Å²) in [6, 6.07) is 13.6. The molecule has 0 radical (unpaired) electrons. The number of halogens is 3. The summed E-state index contributed by atoms with van der Waals surface area (Å²) in [5.74, 6) is -2.48. The molecule has 4 aromatic rings. The SMILES string of the molecule is COc1c(Cl)cc(/C(O)=C2\C(=O)C(=O)N(Cc3ccc(F)cc3)C2c2cn(C)c3ccccc23)c(OC)c1Cl. The smallest absolute Gasteiger partial charge is 0.295 e. The second-order valence-corrected chi connectivity index (χ2v) is 9.84. The van der Waals surface area contributed by atoms with Gasteiger partial charge in [0.1, 0.15) is 16.6 Å². The molecule has 10 heteroatoms. The number of aryl methyl sites for hydroxylation is 1. The van der Waals surface area contributed by atoms with Crippen LogP contribution in [0.3, 0.4) is 0 Å². The quantitative estimate of drug-likeness (QED) is 0.168. The molecule has 1 atom stereocenters. The monoisotopic (exact) mass is 568 g/mol. The van der Waals surface area contributed by atoms with Crippen LogP contribution in [0.15, 0.2) is 66.4 Å². The summed E-state index contributed by atoms with van der Waals surface area (Å²) in [6.45, 7) is -0.00319. The molecule has 0 bridgehead atoms. The molecule has 5 rings (SSSR count). The van der Waals surface area contributed by atoms with Crippen molar-refractivity contribution in [2.24, 2.45) is 7.05 Å². The van der Waals surface area contributed by atoms with E-state index in [1.807, 2.05) is 42.1 Å². The van der Waals surface area contributed by atoms with E-state index >= 15 is 0 Å². The van der Waals surface area contributed by atoms with Gasteiger partial charge >= 0.3 is 0 Å². The summed E-state index contributed by atoms with van der Waals surface area (Å²) in [5.41, 5.74) is 1.97. The number of ether oxygens (including phenoxy) is 2. The van der Waals surface area contributed by atoms with Crippen LogP contribution in [0, 0.1) is 5.82 Å². The van der Waals surface area contributed by atoms with Crippen LogP contribution in [0.25, 0.3) is 16.7 Å². The zero-order chi connectivity index (χ0) is 28.0. The maximum Gasteiger partial charge on any atom is 0.295 e. The molecule has 1 aliphatic rings. The normalized spacial score (nSPS) is 16.8. The molecule has 1 amide bonds. The van der Waals surface area contributed by atoms with E-state index in [0.29, 0.717) is 11.1 Å². The van der Waals surface area contributed by atoms with Gasteiger partial charge in [-0.1, -0.05) is 53.5 Å². The van der Waals surface area contributed by atoms with Gasteiger partial charge < -0.3 is 24.0 Å². The Morgan fingerprint density at radius 3 is 2.36 bits per heavy atom. The Morgan fingerprint density at radius 2 is 1.69 bits per heavy atom. The molecule has 1 aromatic heterocycles. The predicted molar refractivity (Wildman–Crippen MR) is 147 cm³/mol. The summed E-state index contributed by atoms with van der Waals surface area (Å²) in [6.07, 6.45) is 1.82. The van der Waals surface area contributed by atoms with Gasteiger partial charge in [0.25, 0.3) is 11.7 Å². The molecule has 3 aromatic carbocycles. The lowest BCUT2D eigenvalue weighted by atomic mass is 9.94. The van der Waals surface area contributed by atoms with Crippen molar-refractivity contribution < 1.29 is 28.6 Å². The summed E-state index contributed by atoms with van der Waals surface area (Å²) in [7, 11) is 4.58. The highest BCUT2D eigenvalue weighted by Gasteiger charge is 2.47. The first kappa shape index (κ1) is 26.6. The van der Waals surface area contributed by atoms with Gasteiger partial charge in [-0.25, -0.2) is 4.39 Å². The molecule has 0 spiro atoms. The lowest BCUT2D eigenvalue weighted by Crippen LogP contribution is -2.29. The second-order valence-electron chi connectivity index (χ2n) is 9.05. The summed E-state index contributed by atoms with van der Waals surface area (Å²) in [4.78, 5) is 28.4. The number of methoxy groups -OCH3 is 2. The first-order valence-corrected chi connectivity index (χ1v) is 12.6. The predicted octanol–water partition coefficient (Wildman–Crippen LogP) is 6.26. The molecule has 7 nitrogen and oxygen atoms in total. The van der Waals surface area contributed by atoms with Crippen molar-refractivity contribution in [1.82, 2.24) is 9.47 Å². The Hall–Kier alpha value is -4.01. The zero-order valence-corrected chi connectivity index (χ0v) is 22.7. The van der Waals surface area contributed by atoms with Crippen LogP contribution in [0.2, 0.25) is 10.0 Å². The van der Waals surface area contributed by atoms with Gasteiger partial charge in [0.2, 0.25) is 0 Å².